The molecule has 0 aromatic rings. The van der Waals surface area contributed by atoms with E-state index in [2.05, 4.69) is 25.8 Å². The number of hydrogen-bond acceptors (Lipinski definition) is 6. The third-order valence-electron chi connectivity index (χ3n) is 6.91. The summed E-state index contributed by atoms with van der Waals surface area (Å²) in [4.78, 5) is 30.1. The van der Waals surface area contributed by atoms with Crippen molar-refractivity contribution in [2.75, 3.05) is 40.1 Å². The van der Waals surface area contributed by atoms with Crippen LogP contribution in [-0.4, -0.2) is 93.9 Å². The van der Waals surface area contributed by atoms with Crippen molar-refractivity contribution in [1.82, 2.24) is 30.7 Å². The lowest BCUT2D eigenvalue weighted by molar-refractivity contribution is -0.129. The molecule has 33 heavy (non-hydrogen) atoms. The largest absolute Gasteiger partial charge is 0.335 e. The Kier molecular flexibility index (Phi) is 8.82. The van der Waals surface area contributed by atoms with Crippen LogP contribution in [0.3, 0.4) is 0 Å². The standard InChI is InChI=1S/C20H36ClFN6O4S/c1-27(2)20(30)24-14-5-4-12(6-14)10-33(31,32)26-25-19(29)15-7-13(8-16(21)18(15)22)17-9-28(3)11-23-17/h12-18,23,26H,4-11H2,1-3H3,(H,24,30)(H,25,29). The SMILES string of the molecule is CN1CNC(C2CC(Cl)C(F)C(C(=O)NNS(=O)(=O)CC3CCC(NC(=O)N(C)C)C3)C2)C1. The zero-order chi connectivity index (χ0) is 24.3. The van der Waals surface area contributed by atoms with Gasteiger partial charge in [0.2, 0.25) is 15.9 Å². The van der Waals surface area contributed by atoms with E-state index in [1.807, 2.05) is 7.05 Å². The van der Waals surface area contributed by atoms with Crippen molar-refractivity contribution in [3.8, 4) is 0 Å². The van der Waals surface area contributed by atoms with Crippen molar-refractivity contribution in [3.63, 3.8) is 0 Å². The van der Waals surface area contributed by atoms with Crippen molar-refractivity contribution in [3.05, 3.63) is 0 Å². The summed E-state index contributed by atoms with van der Waals surface area (Å²) in [5, 5.41) is 5.43. The second-order valence-corrected chi connectivity index (χ2v) is 12.2. The van der Waals surface area contributed by atoms with E-state index in [0.29, 0.717) is 32.1 Å². The molecule has 4 N–H and O–H groups in total. The van der Waals surface area contributed by atoms with E-state index in [9.17, 15) is 22.4 Å². The third-order valence-corrected chi connectivity index (χ3v) is 8.65. The highest BCUT2D eigenvalue weighted by molar-refractivity contribution is 7.89. The highest BCUT2D eigenvalue weighted by atomic mass is 35.5. The average Bonchev–Trinajstić information content (AvgIpc) is 3.36. The van der Waals surface area contributed by atoms with E-state index in [0.717, 1.165) is 13.2 Å². The predicted octanol–water partition coefficient (Wildman–Crippen LogP) is 0.210. The van der Waals surface area contributed by atoms with Crippen LogP contribution in [-0.2, 0) is 14.8 Å². The van der Waals surface area contributed by atoms with Crippen LogP contribution in [0, 0.1) is 17.8 Å². The molecule has 0 radical (unpaired) electrons. The fraction of sp³-hybridized carbons (Fsp3) is 0.900. The number of nitrogens with one attached hydrogen (secondary N) is 4. The normalized spacial score (nSPS) is 35.4. The number of hydrazine groups is 1. The van der Waals surface area contributed by atoms with Crippen LogP contribution in [0.15, 0.2) is 0 Å². The van der Waals surface area contributed by atoms with Gasteiger partial charge in [-0.15, -0.1) is 16.4 Å². The number of alkyl halides is 2. The van der Waals surface area contributed by atoms with Crippen molar-refractivity contribution < 1.29 is 22.4 Å². The van der Waals surface area contributed by atoms with Gasteiger partial charge in [0.05, 0.1) is 17.0 Å². The minimum absolute atomic E-state index is 0.0320. The Morgan fingerprint density at radius 2 is 1.94 bits per heavy atom. The first kappa shape index (κ1) is 26.4. The topological polar surface area (TPSA) is 123 Å². The average molecular weight is 511 g/mol. The quantitative estimate of drug-likeness (QED) is 0.287. The number of likely N-dealkylation sites (N-methyl/N-ethyl adjacent to an activating group) is 1. The van der Waals surface area contributed by atoms with Gasteiger partial charge in [-0.05, 0) is 51.0 Å². The zero-order valence-electron chi connectivity index (χ0n) is 19.4. The Balaban J connectivity index is 1.49. The first-order valence-corrected chi connectivity index (χ1v) is 13.5. The highest BCUT2D eigenvalue weighted by Gasteiger charge is 2.44. The summed E-state index contributed by atoms with van der Waals surface area (Å²) in [7, 11) is 1.45. The lowest BCUT2D eigenvalue weighted by atomic mass is 9.76. The van der Waals surface area contributed by atoms with Gasteiger partial charge in [0.1, 0.15) is 6.17 Å². The van der Waals surface area contributed by atoms with Gasteiger partial charge < -0.3 is 10.2 Å². The molecule has 1 aliphatic heterocycles. The number of rotatable bonds is 7. The highest BCUT2D eigenvalue weighted by Crippen LogP contribution is 2.37. The van der Waals surface area contributed by atoms with Gasteiger partial charge in [-0.3, -0.25) is 20.4 Å². The van der Waals surface area contributed by atoms with E-state index in [1.54, 1.807) is 14.1 Å². The van der Waals surface area contributed by atoms with Gasteiger partial charge in [-0.2, -0.15) is 0 Å². The van der Waals surface area contributed by atoms with Crippen LogP contribution >= 0.6 is 11.6 Å². The van der Waals surface area contributed by atoms with Crippen LogP contribution in [0.1, 0.15) is 32.1 Å². The van der Waals surface area contributed by atoms with Crippen LogP contribution in [0.5, 0.6) is 0 Å². The monoisotopic (exact) mass is 510 g/mol. The molecule has 3 amide bonds. The zero-order valence-corrected chi connectivity index (χ0v) is 21.0. The van der Waals surface area contributed by atoms with Gasteiger partial charge >= 0.3 is 6.03 Å². The molecular weight excluding hydrogens is 475 g/mol. The van der Waals surface area contributed by atoms with Crippen LogP contribution in [0.25, 0.3) is 0 Å². The molecule has 7 unspecified atom stereocenters. The molecule has 3 fully saturated rings. The summed E-state index contributed by atoms with van der Waals surface area (Å²) in [6.07, 6.45) is 1.13. The first-order valence-electron chi connectivity index (χ1n) is 11.4. The van der Waals surface area contributed by atoms with Gasteiger partial charge in [0.25, 0.3) is 0 Å². The van der Waals surface area contributed by atoms with E-state index in [-0.39, 0.29) is 35.7 Å². The number of amides is 3. The van der Waals surface area contributed by atoms with Gasteiger partial charge in [0.15, 0.2) is 0 Å². The lowest BCUT2D eigenvalue weighted by Gasteiger charge is -2.37. The molecule has 0 aromatic carbocycles. The fourth-order valence-electron chi connectivity index (χ4n) is 5.09. The van der Waals surface area contributed by atoms with E-state index >= 15 is 0 Å². The molecule has 0 spiro atoms. The lowest BCUT2D eigenvalue weighted by Crippen LogP contribution is -2.52. The number of nitrogens with zero attached hydrogens (tertiary/aromatic N) is 2. The van der Waals surface area contributed by atoms with E-state index in [4.69, 9.17) is 11.6 Å². The third kappa shape index (κ3) is 7.14. The minimum atomic E-state index is -3.81. The van der Waals surface area contributed by atoms with E-state index in [1.165, 1.54) is 4.90 Å². The second-order valence-electron chi connectivity index (χ2n) is 9.90. The Morgan fingerprint density at radius 3 is 2.58 bits per heavy atom. The maximum Gasteiger partial charge on any atom is 0.317 e. The smallest absolute Gasteiger partial charge is 0.317 e. The molecule has 0 bridgehead atoms. The number of carbonyl (C=O) groups excluding carboxylic acids is 2. The fourth-order valence-corrected chi connectivity index (χ4v) is 6.76. The van der Waals surface area contributed by atoms with Crippen LogP contribution < -0.4 is 20.9 Å². The Hall–Kier alpha value is -1.21. The molecule has 3 rings (SSSR count). The molecule has 2 saturated carbocycles. The molecule has 7 atom stereocenters. The molecule has 2 aliphatic carbocycles. The Bertz CT molecular complexity index is 818. The Labute approximate surface area is 200 Å². The molecule has 1 saturated heterocycles. The molecule has 13 heteroatoms. The van der Waals surface area contributed by atoms with Crippen LogP contribution in [0.2, 0.25) is 0 Å². The number of carbonyl (C=O) groups is 2. The first-order chi connectivity index (χ1) is 15.4. The van der Waals surface area contributed by atoms with Crippen LogP contribution in [0.4, 0.5) is 9.18 Å². The van der Waals surface area contributed by atoms with Crippen molar-refractivity contribution in [2.24, 2.45) is 17.8 Å². The van der Waals surface area contributed by atoms with Gasteiger partial charge in [0, 0.05) is 39.4 Å². The molecule has 10 nitrogen and oxygen atoms in total. The summed E-state index contributed by atoms with van der Waals surface area (Å²) in [6.45, 7) is 1.52. The summed E-state index contributed by atoms with van der Waals surface area (Å²) in [5.74, 6) is -2.00. The number of hydrogen-bond donors (Lipinski definition) is 4. The summed E-state index contributed by atoms with van der Waals surface area (Å²) in [5.41, 5.74) is 2.21. The Morgan fingerprint density at radius 1 is 1.21 bits per heavy atom. The van der Waals surface area contributed by atoms with Gasteiger partial charge in [-0.1, -0.05) is 0 Å². The summed E-state index contributed by atoms with van der Waals surface area (Å²) >= 11 is 6.22. The molecule has 3 aliphatic rings. The van der Waals surface area contributed by atoms with Crippen molar-refractivity contribution in [1.29, 1.82) is 0 Å². The van der Waals surface area contributed by atoms with Crippen molar-refractivity contribution >= 4 is 33.6 Å². The minimum Gasteiger partial charge on any atom is -0.335 e. The van der Waals surface area contributed by atoms with Crippen molar-refractivity contribution in [2.45, 2.75) is 55.7 Å². The molecule has 190 valence electrons. The van der Waals surface area contributed by atoms with E-state index < -0.39 is 33.4 Å². The predicted molar refractivity (Wildman–Crippen MR) is 124 cm³/mol. The maximum atomic E-state index is 14.7. The van der Waals surface area contributed by atoms with Gasteiger partial charge in [-0.25, -0.2) is 17.6 Å². The number of halogens is 2. The number of urea groups is 1. The molecular formula is C20H36ClFN6O4S. The maximum absolute atomic E-state index is 14.7. The summed E-state index contributed by atoms with van der Waals surface area (Å²) < 4.78 is 39.8. The number of sulfonamides is 1. The summed E-state index contributed by atoms with van der Waals surface area (Å²) in [6, 6.07) is -0.165. The molecule has 0 aromatic heterocycles. The second kappa shape index (κ2) is 11.0. The molecule has 1 heterocycles.